The number of anilines is 1. The Morgan fingerprint density at radius 2 is 1.94 bits per heavy atom. The summed E-state index contributed by atoms with van der Waals surface area (Å²) in [7, 11) is 0. The SMILES string of the molecule is Cc1cc(C(F)(F)F)n(CC(=O)Nc2cc(Oc3ccc(Cl)cc3Cl)cc([N+](=O)[O-])c2)n1. The average Bonchev–Trinajstić information content (AvgIpc) is 3.04. The van der Waals surface area contributed by atoms with E-state index in [9.17, 15) is 28.1 Å². The number of nitro groups is 1. The van der Waals surface area contributed by atoms with Gasteiger partial charge in [0.2, 0.25) is 5.91 Å². The molecule has 1 amide bonds. The number of rotatable bonds is 6. The van der Waals surface area contributed by atoms with Crippen LogP contribution in [0.4, 0.5) is 24.5 Å². The maximum atomic E-state index is 13.1. The molecule has 168 valence electrons. The average molecular weight is 489 g/mol. The van der Waals surface area contributed by atoms with Gasteiger partial charge in [0.05, 0.1) is 27.4 Å². The van der Waals surface area contributed by atoms with Gasteiger partial charge in [0.25, 0.3) is 5.69 Å². The quantitative estimate of drug-likeness (QED) is 0.346. The minimum Gasteiger partial charge on any atom is -0.455 e. The van der Waals surface area contributed by atoms with Crippen molar-refractivity contribution in [2.75, 3.05) is 5.32 Å². The molecule has 0 aliphatic rings. The zero-order chi connectivity index (χ0) is 23.6. The molecule has 2 aromatic carbocycles. The topological polar surface area (TPSA) is 99.3 Å². The van der Waals surface area contributed by atoms with Crippen LogP contribution in [0, 0.1) is 17.0 Å². The third-order valence-corrected chi connectivity index (χ3v) is 4.52. The molecule has 0 radical (unpaired) electrons. The second kappa shape index (κ2) is 9.05. The minimum atomic E-state index is -4.70. The van der Waals surface area contributed by atoms with E-state index in [0.29, 0.717) is 9.70 Å². The van der Waals surface area contributed by atoms with Gasteiger partial charge in [-0.25, -0.2) is 0 Å². The van der Waals surface area contributed by atoms with E-state index in [4.69, 9.17) is 27.9 Å². The van der Waals surface area contributed by atoms with E-state index in [1.165, 1.54) is 31.2 Å². The predicted octanol–water partition coefficient (Wildman–Crippen LogP) is 5.86. The molecule has 0 aliphatic carbocycles. The van der Waals surface area contributed by atoms with E-state index in [1.54, 1.807) is 0 Å². The van der Waals surface area contributed by atoms with E-state index in [0.717, 1.165) is 18.2 Å². The van der Waals surface area contributed by atoms with Gasteiger partial charge in [-0.3, -0.25) is 19.6 Å². The lowest BCUT2D eigenvalue weighted by Gasteiger charge is -2.12. The van der Waals surface area contributed by atoms with Gasteiger partial charge in [-0.15, -0.1) is 0 Å². The van der Waals surface area contributed by atoms with E-state index in [-0.39, 0.29) is 27.9 Å². The van der Waals surface area contributed by atoms with Gasteiger partial charge in [0, 0.05) is 17.2 Å². The van der Waals surface area contributed by atoms with Crippen molar-refractivity contribution in [2.24, 2.45) is 0 Å². The molecule has 0 unspecified atom stereocenters. The molecule has 0 spiro atoms. The molecule has 0 saturated carbocycles. The van der Waals surface area contributed by atoms with Crippen LogP contribution in [-0.2, 0) is 17.5 Å². The van der Waals surface area contributed by atoms with Crippen LogP contribution < -0.4 is 10.1 Å². The summed E-state index contributed by atoms with van der Waals surface area (Å²) in [6.45, 7) is 0.598. The number of benzene rings is 2. The van der Waals surface area contributed by atoms with Crippen LogP contribution in [0.25, 0.3) is 0 Å². The molecule has 1 aromatic heterocycles. The fraction of sp³-hybridized carbons (Fsp3) is 0.158. The monoisotopic (exact) mass is 488 g/mol. The molecular weight excluding hydrogens is 476 g/mol. The highest BCUT2D eigenvalue weighted by molar-refractivity contribution is 6.35. The fourth-order valence-corrected chi connectivity index (χ4v) is 3.18. The lowest BCUT2D eigenvalue weighted by molar-refractivity contribution is -0.384. The van der Waals surface area contributed by atoms with Crippen LogP contribution in [0.2, 0.25) is 10.0 Å². The first-order chi connectivity index (χ1) is 14.9. The van der Waals surface area contributed by atoms with E-state index >= 15 is 0 Å². The molecule has 13 heteroatoms. The molecule has 0 bridgehead atoms. The highest BCUT2D eigenvalue weighted by Crippen LogP contribution is 2.35. The Bertz CT molecular complexity index is 1200. The summed E-state index contributed by atoms with van der Waals surface area (Å²) >= 11 is 11.9. The number of nitrogens with zero attached hydrogens (tertiary/aromatic N) is 3. The number of carbonyl (C=O) groups excluding carboxylic acids is 1. The first-order valence-corrected chi connectivity index (χ1v) is 9.52. The summed E-state index contributed by atoms with van der Waals surface area (Å²) in [5.41, 5.74) is -1.50. The second-order valence-electron chi connectivity index (χ2n) is 6.52. The van der Waals surface area contributed by atoms with Gasteiger partial charge in [-0.2, -0.15) is 18.3 Å². The second-order valence-corrected chi connectivity index (χ2v) is 7.37. The van der Waals surface area contributed by atoms with Crippen molar-refractivity contribution in [3.63, 3.8) is 0 Å². The van der Waals surface area contributed by atoms with Gasteiger partial charge < -0.3 is 10.1 Å². The zero-order valence-electron chi connectivity index (χ0n) is 16.1. The summed E-state index contributed by atoms with van der Waals surface area (Å²) in [5, 5.41) is 17.7. The number of hydrogen-bond donors (Lipinski definition) is 1. The Hall–Kier alpha value is -3.31. The summed E-state index contributed by atoms with van der Waals surface area (Å²) < 4.78 is 45.3. The van der Waals surface area contributed by atoms with Crippen molar-refractivity contribution >= 4 is 40.5 Å². The van der Waals surface area contributed by atoms with Gasteiger partial charge in [0.1, 0.15) is 23.7 Å². The summed E-state index contributed by atoms with van der Waals surface area (Å²) in [6.07, 6.45) is -4.70. The Labute approximate surface area is 188 Å². The number of aryl methyl sites for hydroxylation is 1. The standard InChI is InChI=1S/C19H13Cl2F3N4O4/c1-10-4-17(19(22,23)24)27(26-10)9-18(29)25-12-6-13(28(30)31)8-14(7-12)32-16-3-2-11(20)5-15(16)21/h2-8H,9H2,1H3,(H,25,29). The maximum Gasteiger partial charge on any atom is 0.433 e. The van der Waals surface area contributed by atoms with Crippen molar-refractivity contribution < 1.29 is 27.6 Å². The predicted molar refractivity (Wildman–Crippen MR) is 110 cm³/mol. The van der Waals surface area contributed by atoms with Crippen LogP contribution in [-0.4, -0.2) is 20.6 Å². The number of alkyl halides is 3. The maximum absolute atomic E-state index is 13.1. The van der Waals surface area contributed by atoms with Crippen LogP contribution in [0.5, 0.6) is 11.5 Å². The summed E-state index contributed by atoms with van der Waals surface area (Å²) in [5.74, 6) is -0.769. The lowest BCUT2D eigenvalue weighted by atomic mass is 10.2. The fourth-order valence-electron chi connectivity index (χ4n) is 2.74. The molecule has 3 aromatic rings. The molecule has 0 atom stereocenters. The molecular formula is C19H13Cl2F3N4O4. The van der Waals surface area contributed by atoms with E-state index in [1.807, 2.05) is 0 Å². The number of non-ortho nitro benzene ring substituents is 1. The van der Waals surface area contributed by atoms with Crippen LogP contribution >= 0.6 is 23.2 Å². The number of ether oxygens (including phenoxy) is 1. The van der Waals surface area contributed by atoms with Crippen molar-refractivity contribution in [2.45, 2.75) is 19.6 Å². The molecule has 1 N–H and O–H groups in total. The Morgan fingerprint density at radius 1 is 1.22 bits per heavy atom. The van der Waals surface area contributed by atoms with Crippen molar-refractivity contribution in [3.8, 4) is 11.5 Å². The first kappa shape index (κ1) is 23.4. The Kier molecular flexibility index (Phi) is 6.60. The normalized spacial score (nSPS) is 11.3. The van der Waals surface area contributed by atoms with Crippen molar-refractivity contribution in [1.29, 1.82) is 0 Å². The molecule has 0 saturated heterocycles. The number of carbonyl (C=O) groups is 1. The number of amides is 1. The number of nitrogens with one attached hydrogen (secondary N) is 1. The third kappa shape index (κ3) is 5.68. The van der Waals surface area contributed by atoms with Gasteiger partial charge in [0.15, 0.2) is 0 Å². The zero-order valence-corrected chi connectivity index (χ0v) is 17.6. The largest absolute Gasteiger partial charge is 0.455 e. The Morgan fingerprint density at radius 3 is 2.56 bits per heavy atom. The van der Waals surface area contributed by atoms with E-state index in [2.05, 4.69) is 10.4 Å². The van der Waals surface area contributed by atoms with Crippen LogP contribution in [0.3, 0.4) is 0 Å². The van der Waals surface area contributed by atoms with Crippen LogP contribution in [0.15, 0.2) is 42.5 Å². The highest BCUT2D eigenvalue weighted by Gasteiger charge is 2.35. The third-order valence-electron chi connectivity index (χ3n) is 3.99. The van der Waals surface area contributed by atoms with Crippen molar-refractivity contribution in [1.82, 2.24) is 9.78 Å². The smallest absolute Gasteiger partial charge is 0.433 e. The van der Waals surface area contributed by atoms with E-state index < -0.39 is 34.9 Å². The molecule has 32 heavy (non-hydrogen) atoms. The van der Waals surface area contributed by atoms with Crippen molar-refractivity contribution in [3.05, 3.63) is 74.0 Å². The molecule has 3 rings (SSSR count). The first-order valence-electron chi connectivity index (χ1n) is 8.76. The molecule has 1 heterocycles. The number of hydrogen-bond acceptors (Lipinski definition) is 5. The summed E-state index contributed by atoms with van der Waals surface area (Å²) in [4.78, 5) is 22.9. The number of halogens is 5. The Balaban J connectivity index is 1.85. The number of aromatic nitrogens is 2. The number of nitro benzene ring substituents is 1. The van der Waals surface area contributed by atoms with Crippen LogP contribution in [0.1, 0.15) is 11.4 Å². The lowest BCUT2D eigenvalue weighted by Crippen LogP contribution is -2.23. The van der Waals surface area contributed by atoms with Gasteiger partial charge in [-0.1, -0.05) is 23.2 Å². The van der Waals surface area contributed by atoms with Gasteiger partial charge in [-0.05, 0) is 31.2 Å². The highest BCUT2D eigenvalue weighted by atomic mass is 35.5. The minimum absolute atomic E-state index is 0.0374. The molecule has 0 aliphatic heterocycles. The summed E-state index contributed by atoms with van der Waals surface area (Å²) in [6, 6.07) is 8.54. The van der Waals surface area contributed by atoms with Gasteiger partial charge >= 0.3 is 6.18 Å². The molecule has 0 fully saturated rings. The molecule has 8 nitrogen and oxygen atoms in total.